The molecular weight excluding hydrogens is 304 g/mol. The molecule has 0 atom stereocenters. The second-order valence-corrected chi connectivity index (χ2v) is 6.12. The molecule has 0 spiro atoms. The van der Waals surface area contributed by atoms with E-state index >= 15 is 0 Å². The molecule has 1 heterocycles. The molecular formula is C16H13ClN2OS. The van der Waals surface area contributed by atoms with Crippen molar-refractivity contribution in [2.45, 2.75) is 6.92 Å². The Morgan fingerprint density at radius 2 is 2.00 bits per heavy atom. The monoisotopic (exact) mass is 316 g/mol. The molecule has 5 heteroatoms. The lowest BCUT2D eigenvalue weighted by atomic mass is 10.1. The number of rotatable bonds is 4. The first-order chi connectivity index (χ1) is 10.1. The quantitative estimate of drug-likeness (QED) is 0.718. The maximum Gasteiger partial charge on any atom is 0.184 e. The number of carbonyl (C=O) groups is 1. The maximum absolute atomic E-state index is 12.0. The summed E-state index contributed by atoms with van der Waals surface area (Å²) in [4.78, 5) is 16.6. The number of Topliss-reactive ketones (excluding diaryl/α,β-unsaturated/α-hetero) is 1. The molecule has 1 aromatic heterocycles. The van der Waals surface area contributed by atoms with Crippen molar-refractivity contribution in [3.05, 3.63) is 58.6 Å². The minimum atomic E-state index is 0.0459. The van der Waals surface area contributed by atoms with E-state index in [1.807, 2.05) is 49.4 Å². The number of thiazole rings is 1. The van der Waals surface area contributed by atoms with Crippen LogP contribution in [0.2, 0.25) is 5.02 Å². The number of fused-ring (bicyclic) bond motifs is 1. The van der Waals surface area contributed by atoms with Crippen LogP contribution in [0.3, 0.4) is 0 Å². The number of hydrogen-bond donors (Lipinski definition) is 1. The molecule has 21 heavy (non-hydrogen) atoms. The highest BCUT2D eigenvalue weighted by Gasteiger charge is 2.10. The van der Waals surface area contributed by atoms with Crippen LogP contribution in [-0.2, 0) is 0 Å². The van der Waals surface area contributed by atoms with Crippen molar-refractivity contribution >= 4 is 44.1 Å². The van der Waals surface area contributed by atoms with Crippen LogP contribution in [0.25, 0.3) is 10.2 Å². The summed E-state index contributed by atoms with van der Waals surface area (Å²) in [5.41, 5.74) is 2.56. The summed E-state index contributed by atoms with van der Waals surface area (Å²) in [7, 11) is 0. The SMILES string of the molecule is Cc1c(Cl)ccc2sc(NCC(=O)c3ccccc3)nc12. The van der Waals surface area contributed by atoms with Crippen molar-refractivity contribution in [2.24, 2.45) is 0 Å². The van der Waals surface area contributed by atoms with Crippen LogP contribution in [0, 0.1) is 6.92 Å². The van der Waals surface area contributed by atoms with E-state index in [9.17, 15) is 4.79 Å². The van der Waals surface area contributed by atoms with E-state index in [0.717, 1.165) is 20.9 Å². The Kier molecular flexibility index (Phi) is 3.90. The first kappa shape index (κ1) is 14.0. The zero-order valence-electron chi connectivity index (χ0n) is 11.4. The van der Waals surface area contributed by atoms with Crippen LogP contribution in [-0.4, -0.2) is 17.3 Å². The van der Waals surface area contributed by atoms with Gasteiger partial charge in [0.25, 0.3) is 0 Å². The van der Waals surface area contributed by atoms with Crippen LogP contribution < -0.4 is 5.32 Å². The topological polar surface area (TPSA) is 42.0 Å². The molecule has 106 valence electrons. The predicted octanol–water partition coefficient (Wildman–Crippen LogP) is 4.55. The van der Waals surface area contributed by atoms with Gasteiger partial charge in [-0.3, -0.25) is 4.79 Å². The first-order valence-corrected chi connectivity index (χ1v) is 7.72. The smallest absolute Gasteiger partial charge is 0.184 e. The Labute approximate surface area is 131 Å². The van der Waals surface area contributed by atoms with Crippen LogP contribution >= 0.6 is 22.9 Å². The molecule has 2 aromatic carbocycles. The van der Waals surface area contributed by atoms with Gasteiger partial charge in [0, 0.05) is 10.6 Å². The third-order valence-electron chi connectivity index (χ3n) is 3.24. The van der Waals surface area contributed by atoms with Crippen molar-refractivity contribution in [2.75, 3.05) is 11.9 Å². The van der Waals surface area contributed by atoms with E-state index in [1.54, 1.807) is 0 Å². The summed E-state index contributed by atoms with van der Waals surface area (Å²) in [6.07, 6.45) is 0. The lowest BCUT2D eigenvalue weighted by Gasteiger charge is -2.01. The van der Waals surface area contributed by atoms with Gasteiger partial charge < -0.3 is 5.32 Å². The first-order valence-electron chi connectivity index (χ1n) is 6.53. The van der Waals surface area contributed by atoms with E-state index < -0.39 is 0 Å². The van der Waals surface area contributed by atoms with Crippen molar-refractivity contribution in [3.63, 3.8) is 0 Å². The van der Waals surface area contributed by atoms with Crippen molar-refractivity contribution < 1.29 is 4.79 Å². The maximum atomic E-state index is 12.0. The Balaban J connectivity index is 1.77. The zero-order valence-corrected chi connectivity index (χ0v) is 13.0. The van der Waals surface area contributed by atoms with Crippen LogP contribution in [0.15, 0.2) is 42.5 Å². The number of benzene rings is 2. The summed E-state index contributed by atoms with van der Waals surface area (Å²) in [5, 5.41) is 4.54. The van der Waals surface area contributed by atoms with E-state index in [1.165, 1.54) is 11.3 Å². The van der Waals surface area contributed by atoms with E-state index in [0.29, 0.717) is 10.6 Å². The van der Waals surface area contributed by atoms with Crippen LogP contribution in [0.5, 0.6) is 0 Å². The van der Waals surface area contributed by atoms with Gasteiger partial charge in [-0.05, 0) is 24.6 Å². The molecule has 3 aromatic rings. The molecule has 0 bridgehead atoms. The van der Waals surface area contributed by atoms with Crippen molar-refractivity contribution in [1.82, 2.24) is 4.98 Å². The Bertz CT molecular complexity index is 799. The Morgan fingerprint density at radius 1 is 1.24 bits per heavy atom. The van der Waals surface area contributed by atoms with Gasteiger partial charge in [0.1, 0.15) is 0 Å². The molecule has 0 saturated carbocycles. The number of hydrogen-bond acceptors (Lipinski definition) is 4. The number of nitrogens with one attached hydrogen (secondary N) is 1. The van der Waals surface area contributed by atoms with Crippen LogP contribution in [0.1, 0.15) is 15.9 Å². The molecule has 0 fully saturated rings. The van der Waals surface area contributed by atoms with Crippen molar-refractivity contribution in [1.29, 1.82) is 0 Å². The number of ketones is 1. The Hall–Kier alpha value is -1.91. The average Bonchev–Trinajstić information content (AvgIpc) is 2.93. The summed E-state index contributed by atoms with van der Waals surface area (Å²) >= 11 is 7.62. The molecule has 0 aliphatic rings. The third-order valence-corrected chi connectivity index (χ3v) is 4.63. The highest BCUT2D eigenvalue weighted by Crippen LogP contribution is 2.31. The molecule has 0 aliphatic heterocycles. The lowest BCUT2D eigenvalue weighted by molar-refractivity contribution is 0.101. The summed E-state index contributed by atoms with van der Waals surface area (Å²) in [6, 6.07) is 13.1. The zero-order chi connectivity index (χ0) is 14.8. The van der Waals surface area contributed by atoms with E-state index in [-0.39, 0.29) is 12.3 Å². The molecule has 0 amide bonds. The van der Waals surface area contributed by atoms with Crippen LogP contribution in [0.4, 0.5) is 5.13 Å². The molecule has 3 nitrogen and oxygen atoms in total. The van der Waals surface area contributed by atoms with Gasteiger partial charge in [-0.2, -0.15) is 0 Å². The Morgan fingerprint density at radius 3 is 2.76 bits per heavy atom. The highest BCUT2D eigenvalue weighted by atomic mass is 35.5. The molecule has 1 N–H and O–H groups in total. The second kappa shape index (κ2) is 5.84. The minimum Gasteiger partial charge on any atom is -0.354 e. The van der Waals surface area contributed by atoms with E-state index in [2.05, 4.69) is 10.3 Å². The van der Waals surface area contributed by atoms with Gasteiger partial charge >= 0.3 is 0 Å². The van der Waals surface area contributed by atoms with Gasteiger partial charge in [0.2, 0.25) is 0 Å². The van der Waals surface area contributed by atoms with Gasteiger partial charge in [-0.15, -0.1) is 0 Å². The van der Waals surface area contributed by atoms with Gasteiger partial charge in [-0.25, -0.2) is 4.98 Å². The summed E-state index contributed by atoms with van der Waals surface area (Å²) in [5.74, 6) is 0.0459. The lowest BCUT2D eigenvalue weighted by Crippen LogP contribution is -2.13. The van der Waals surface area contributed by atoms with E-state index in [4.69, 9.17) is 11.6 Å². The highest BCUT2D eigenvalue weighted by molar-refractivity contribution is 7.22. The minimum absolute atomic E-state index is 0.0459. The molecule has 0 saturated heterocycles. The van der Waals surface area contributed by atoms with Gasteiger partial charge in [-0.1, -0.05) is 53.3 Å². The molecule has 3 rings (SSSR count). The second-order valence-electron chi connectivity index (χ2n) is 4.68. The van der Waals surface area contributed by atoms with Crippen molar-refractivity contribution in [3.8, 4) is 0 Å². The third kappa shape index (κ3) is 2.91. The fourth-order valence-electron chi connectivity index (χ4n) is 2.06. The van der Waals surface area contributed by atoms with Gasteiger partial charge in [0.15, 0.2) is 10.9 Å². The number of halogens is 1. The number of anilines is 1. The largest absolute Gasteiger partial charge is 0.354 e. The van der Waals surface area contributed by atoms with Gasteiger partial charge in [0.05, 0.1) is 16.8 Å². The average molecular weight is 317 g/mol. The predicted molar refractivity (Wildman–Crippen MR) is 88.6 cm³/mol. The fraction of sp³-hybridized carbons (Fsp3) is 0.125. The molecule has 0 unspecified atom stereocenters. The number of aromatic nitrogens is 1. The number of nitrogens with zero attached hydrogens (tertiary/aromatic N) is 1. The normalized spacial score (nSPS) is 10.8. The fourth-order valence-corrected chi connectivity index (χ4v) is 3.13. The number of aryl methyl sites for hydroxylation is 1. The summed E-state index contributed by atoms with van der Waals surface area (Å²) in [6.45, 7) is 2.18. The number of carbonyl (C=O) groups excluding carboxylic acids is 1. The molecule has 0 aliphatic carbocycles. The molecule has 0 radical (unpaired) electrons. The standard InChI is InChI=1S/C16H13ClN2OS/c1-10-12(17)7-8-14-15(10)19-16(21-14)18-9-13(20)11-5-3-2-4-6-11/h2-8H,9H2,1H3,(H,18,19). The summed E-state index contributed by atoms with van der Waals surface area (Å²) < 4.78 is 1.06.